The van der Waals surface area contributed by atoms with Crippen LogP contribution in [0.15, 0.2) is 150 Å². The number of hydrogen-bond acceptors (Lipinski definition) is 3. The third-order valence-corrected chi connectivity index (χ3v) is 9.20. The fraction of sp³-hybridized carbons (Fsp3) is 0. The Morgan fingerprint density at radius 1 is 0.378 bits per heavy atom. The summed E-state index contributed by atoms with van der Waals surface area (Å²) in [6.45, 7) is 0. The van der Waals surface area contributed by atoms with Crippen molar-refractivity contribution in [3.63, 3.8) is 0 Å². The molecule has 0 radical (unpaired) electrons. The van der Waals surface area contributed by atoms with Crippen LogP contribution in [0.5, 0.6) is 0 Å². The fourth-order valence-electron chi connectivity index (χ4n) is 7.15. The van der Waals surface area contributed by atoms with Crippen LogP contribution in [0.2, 0.25) is 0 Å². The van der Waals surface area contributed by atoms with E-state index in [1.54, 1.807) is 0 Å². The van der Waals surface area contributed by atoms with Gasteiger partial charge in [-0.3, -0.25) is 0 Å². The van der Waals surface area contributed by atoms with Crippen molar-refractivity contribution in [1.29, 1.82) is 0 Å². The second-order valence-electron chi connectivity index (χ2n) is 11.7. The van der Waals surface area contributed by atoms with E-state index in [0.29, 0.717) is 5.82 Å². The van der Waals surface area contributed by atoms with Crippen molar-refractivity contribution in [3.8, 4) is 33.8 Å². The Kier molecular flexibility index (Phi) is 5.00. The van der Waals surface area contributed by atoms with E-state index in [4.69, 9.17) is 14.4 Å². The summed E-state index contributed by atoms with van der Waals surface area (Å²) in [4.78, 5) is 10.4. The maximum atomic E-state index is 6.49. The molecule has 2 aromatic heterocycles. The minimum Gasteiger partial charge on any atom is -0.456 e. The second kappa shape index (κ2) is 9.22. The van der Waals surface area contributed by atoms with Crippen LogP contribution in [-0.2, 0) is 0 Å². The maximum Gasteiger partial charge on any atom is 0.160 e. The van der Waals surface area contributed by atoms with Gasteiger partial charge >= 0.3 is 0 Å². The van der Waals surface area contributed by atoms with Crippen molar-refractivity contribution in [1.82, 2.24) is 9.97 Å². The van der Waals surface area contributed by atoms with Gasteiger partial charge in [0.05, 0.1) is 11.2 Å². The quantitative estimate of drug-likeness (QED) is 0.198. The molecule has 0 saturated heterocycles. The standard InChI is InChI=1S/C42H24N2O/c1-2-11-26(12-3-1)40-34-21-20-25-10-4-5-15-30(25)41(34)44-42(43-40)28-14-8-13-27(22-28)29-23-35-32-17-7-6-16-31(32)33-18-9-19-36-38(33)39(35)37(24-29)45-36/h1-24H. The number of benzene rings is 8. The summed E-state index contributed by atoms with van der Waals surface area (Å²) >= 11 is 0. The first kappa shape index (κ1) is 24.4. The molecular formula is C42H24N2O. The highest BCUT2D eigenvalue weighted by atomic mass is 16.3. The molecule has 10 aromatic rings. The lowest BCUT2D eigenvalue weighted by molar-refractivity contribution is 0.669. The van der Waals surface area contributed by atoms with Crippen molar-refractivity contribution in [2.75, 3.05) is 0 Å². The Balaban J connectivity index is 1.22. The SMILES string of the molecule is c1ccc(-c2nc(-c3cccc(-c4cc5oc6cccc7c8ccccc8c(c4)c5c67)c3)nc3c2ccc2ccccc23)cc1. The van der Waals surface area contributed by atoms with E-state index in [-0.39, 0.29) is 0 Å². The highest BCUT2D eigenvalue weighted by Gasteiger charge is 2.19. The molecule has 8 aromatic carbocycles. The number of nitrogens with zero attached hydrogens (tertiary/aromatic N) is 2. The van der Waals surface area contributed by atoms with E-state index < -0.39 is 0 Å². The summed E-state index contributed by atoms with van der Waals surface area (Å²) in [7, 11) is 0. The first-order valence-corrected chi connectivity index (χ1v) is 15.2. The number of rotatable bonds is 3. The molecule has 10 rings (SSSR count). The molecule has 3 nitrogen and oxygen atoms in total. The van der Waals surface area contributed by atoms with Gasteiger partial charge in [0, 0.05) is 32.7 Å². The Labute approximate surface area is 258 Å². The van der Waals surface area contributed by atoms with Crippen LogP contribution in [0.3, 0.4) is 0 Å². The van der Waals surface area contributed by atoms with Crippen molar-refractivity contribution in [3.05, 3.63) is 146 Å². The molecule has 2 heterocycles. The van der Waals surface area contributed by atoms with E-state index >= 15 is 0 Å². The number of fused-ring (bicyclic) bond motifs is 6. The molecule has 0 aliphatic carbocycles. The molecule has 0 unspecified atom stereocenters. The van der Waals surface area contributed by atoms with Gasteiger partial charge in [-0.05, 0) is 68.4 Å². The van der Waals surface area contributed by atoms with E-state index in [1.165, 1.54) is 37.7 Å². The molecule has 0 spiro atoms. The maximum absolute atomic E-state index is 6.49. The number of hydrogen-bond donors (Lipinski definition) is 0. The third kappa shape index (κ3) is 3.58. The molecule has 45 heavy (non-hydrogen) atoms. The molecule has 208 valence electrons. The van der Waals surface area contributed by atoms with Crippen molar-refractivity contribution >= 4 is 65.2 Å². The zero-order valence-electron chi connectivity index (χ0n) is 24.2. The second-order valence-corrected chi connectivity index (χ2v) is 11.7. The topological polar surface area (TPSA) is 38.9 Å². The molecule has 0 fully saturated rings. The highest BCUT2D eigenvalue weighted by molar-refractivity contribution is 6.33. The predicted octanol–water partition coefficient (Wildman–Crippen LogP) is 11.4. The lowest BCUT2D eigenvalue weighted by Crippen LogP contribution is -1.96. The van der Waals surface area contributed by atoms with Crippen LogP contribution in [-0.4, -0.2) is 9.97 Å². The lowest BCUT2D eigenvalue weighted by Gasteiger charge is -2.13. The Bertz CT molecular complexity index is 2760. The monoisotopic (exact) mass is 572 g/mol. The largest absolute Gasteiger partial charge is 0.456 e. The summed E-state index contributed by atoms with van der Waals surface area (Å²) in [5.74, 6) is 0.709. The lowest BCUT2D eigenvalue weighted by atomic mass is 9.92. The van der Waals surface area contributed by atoms with Gasteiger partial charge in [-0.15, -0.1) is 0 Å². The number of furan rings is 1. The van der Waals surface area contributed by atoms with Gasteiger partial charge in [0.2, 0.25) is 0 Å². The van der Waals surface area contributed by atoms with E-state index in [1.807, 2.05) is 6.07 Å². The molecule has 0 aliphatic heterocycles. The van der Waals surface area contributed by atoms with Gasteiger partial charge in [0.1, 0.15) is 11.2 Å². The van der Waals surface area contributed by atoms with Crippen LogP contribution < -0.4 is 0 Å². The summed E-state index contributed by atoms with van der Waals surface area (Å²) in [6.07, 6.45) is 0. The van der Waals surface area contributed by atoms with Gasteiger partial charge in [-0.2, -0.15) is 0 Å². The predicted molar refractivity (Wildman–Crippen MR) is 187 cm³/mol. The Morgan fingerprint density at radius 3 is 1.96 bits per heavy atom. The van der Waals surface area contributed by atoms with Crippen LogP contribution in [0, 0.1) is 0 Å². The van der Waals surface area contributed by atoms with Gasteiger partial charge in [-0.25, -0.2) is 9.97 Å². The molecular weight excluding hydrogens is 548 g/mol. The zero-order chi connectivity index (χ0) is 29.5. The minimum absolute atomic E-state index is 0.709. The van der Waals surface area contributed by atoms with Crippen LogP contribution in [0.25, 0.3) is 98.9 Å². The summed E-state index contributed by atoms with van der Waals surface area (Å²) in [5, 5.41) is 10.7. The smallest absolute Gasteiger partial charge is 0.160 e. The van der Waals surface area contributed by atoms with Crippen LogP contribution in [0.4, 0.5) is 0 Å². The van der Waals surface area contributed by atoms with Crippen molar-refractivity contribution in [2.24, 2.45) is 0 Å². The fourth-order valence-corrected chi connectivity index (χ4v) is 7.15. The molecule has 0 saturated carbocycles. The average Bonchev–Trinajstić information content (AvgIpc) is 3.50. The molecule has 0 atom stereocenters. The number of aromatic nitrogens is 2. The van der Waals surface area contributed by atoms with Gasteiger partial charge in [0.15, 0.2) is 5.82 Å². The van der Waals surface area contributed by atoms with Crippen molar-refractivity contribution < 1.29 is 4.42 Å². The molecule has 0 bridgehead atoms. The molecule has 3 heteroatoms. The molecule has 0 N–H and O–H groups in total. The van der Waals surface area contributed by atoms with Gasteiger partial charge in [-0.1, -0.05) is 115 Å². The third-order valence-electron chi connectivity index (χ3n) is 9.20. The van der Waals surface area contributed by atoms with Crippen molar-refractivity contribution in [2.45, 2.75) is 0 Å². The molecule has 0 aliphatic rings. The minimum atomic E-state index is 0.709. The zero-order valence-corrected chi connectivity index (χ0v) is 24.2. The first-order chi connectivity index (χ1) is 22.3. The Hall–Kier alpha value is -6.06. The summed E-state index contributed by atoms with van der Waals surface area (Å²) in [5.41, 5.74) is 7.98. The van der Waals surface area contributed by atoms with Gasteiger partial charge < -0.3 is 4.42 Å². The van der Waals surface area contributed by atoms with E-state index in [2.05, 4.69) is 140 Å². The Morgan fingerprint density at radius 2 is 1.07 bits per heavy atom. The average molecular weight is 573 g/mol. The normalized spacial score (nSPS) is 12.0. The van der Waals surface area contributed by atoms with E-state index in [9.17, 15) is 0 Å². The van der Waals surface area contributed by atoms with Crippen LogP contribution in [0.1, 0.15) is 0 Å². The highest BCUT2D eigenvalue weighted by Crippen LogP contribution is 2.44. The molecule has 0 amide bonds. The van der Waals surface area contributed by atoms with E-state index in [0.717, 1.165) is 55.4 Å². The summed E-state index contributed by atoms with van der Waals surface area (Å²) in [6, 6.07) is 51.3. The van der Waals surface area contributed by atoms with Crippen LogP contribution >= 0.6 is 0 Å². The van der Waals surface area contributed by atoms with Gasteiger partial charge in [0.25, 0.3) is 0 Å². The summed E-state index contributed by atoms with van der Waals surface area (Å²) < 4.78 is 6.49. The first-order valence-electron chi connectivity index (χ1n) is 15.2.